The molecule has 1 aromatic carbocycles. The predicted octanol–water partition coefficient (Wildman–Crippen LogP) is 9.13. The van der Waals surface area contributed by atoms with E-state index in [1.807, 2.05) is 18.2 Å². The quantitative estimate of drug-likeness (QED) is 0.118. The molecule has 246 valence electrons. The lowest BCUT2D eigenvalue weighted by atomic mass is 9.88. The van der Waals surface area contributed by atoms with E-state index >= 15 is 0 Å². The number of carbonyl (C=O) groups is 1. The van der Waals surface area contributed by atoms with Crippen LogP contribution in [0, 0.1) is 0 Å². The van der Waals surface area contributed by atoms with Crippen molar-refractivity contribution in [1.82, 2.24) is 9.80 Å². The third kappa shape index (κ3) is 9.90. The Bertz CT molecular complexity index is 1390. The lowest BCUT2D eigenvalue weighted by Gasteiger charge is -2.39. The van der Waals surface area contributed by atoms with E-state index in [0.29, 0.717) is 13.1 Å². The van der Waals surface area contributed by atoms with Crippen LogP contribution in [0.5, 0.6) is 0 Å². The van der Waals surface area contributed by atoms with Crippen molar-refractivity contribution >= 4 is 23.8 Å². The molecule has 0 atom stereocenters. The highest BCUT2D eigenvalue weighted by Crippen LogP contribution is 2.34. The van der Waals surface area contributed by atoms with Crippen LogP contribution in [0.3, 0.4) is 0 Å². The number of benzene rings is 1. The van der Waals surface area contributed by atoms with E-state index in [1.54, 1.807) is 12.7 Å². The smallest absolute Gasteiger partial charge is 0.249 e. The lowest BCUT2D eigenvalue weighted by Crippen LogP contribution is -2.54. The highest BCUT2D eigenvalue weighted by Gasteiger charge is 2.32. The molecule has 0 aromatic heterocycles. The second-order valence-corrected chi connectivity index (χ2v) is 12.6. The van der Waals surface area contributed by atoms with Crippen molar-refractivity contribution in [3.05, 3.63) is 106 Å². The van der Waals surface area contributed by atoms with Crippen molar-refractivity contribution in [2.45, 2.75) is 84.2 Å². The lowest BCUT2D eigenvalue weighted by molar-refractivity contribution is -0.138. The Hall–Kier alpha value is -3.70. The van der Waals surface area contributed by atoms with Crippen LogP contribution in [0.1, 0.15) is 89.2 Å². The number of hydrogen-bond donors (Lipinski definition) is 0. The normalized spacial score (nSPS) is 19.3. The molecule has 1 amide bonds. The largest absolute Gasteiger partial charge is 0.378 e. The molecule has 1 aromatic rings. The number of likely N-dealkylation sites (tertiary alicyclic amines) is 1. The highest BCUT2D eigenvalue weighted by atomic mass is 16.5. The molecule has 1 saturated heterocycles. The summed E-state index contributed by atoms with van der Waals surface area (Å²) < 4.78 is 5.36. The Kier molecular flexibility index (Phi) is 14.1. The minimum absolute atomic E-state index is 0.177. The van der Waals surface area contributed by atoms with Crippen LogP contribution in [0.25, 0.3) is 11.6 Å². The van der Waals surface area contributed by atoms with Gasteiger partial charge in [-0.3, -0.25) is 9.79 Å². The van der Waals surface area contributed by atoms with Crippen molar-refractivity contribution < 1.29 is 9.53 Å². The molecule has 0 saturated carbocycles. The molecular weight excluding hydrogens is 566 g/mol. The fourth-order valence-electron chi connectivity index (χ4n) is 6.45. The third-order valence-corrected chi connectivity index (χ3v) is 9.12. The van der Waals surface area contributed by atoms with Crippen LogP contribution in [-0.4, -0.2) is 68.4 Å². The Morgan fingerprint density at radius 3 is 2.50 bits per heavy atom. The Balaban J connectivity index is 1.42. The first-order chi connectivity index (χ1) is 22.5. The standard InChI is InChI=1S/C41H55N3O2/c1-6-13-33(14-7-2)15-9-8-10-16-34-20-23-35(24-21-34)37-22-19-32(3)39(29-37)40(25-26-42-4)43-27-11-17-36(18-12-28-43)41(45)44-30-38(31-44)46-5/h10,15-17,20-26,29,38H,3,6-9,11-14,18-19,27-28,30-31H2,1-2,4-5H3/b16-10+,36-17-,40-25+,42-26-. The first-order valence-corrected chi connectivity index (χ1v) is 17.4. The van der Waals surface area contributed by atoms with Gasteiger partial charge in [0.15, 0.2) is 0 Å². The van der Waals surface area contributed by atoms with E-state index in [0.717, 1.165) is 68.5 Å². The molecule has 2 aliphatic heterocycles. The number of hydrogen-bond acceptors (Lipinski definition) is 4. The molecule has 5 nitrogen and oxygen atoms in total. The molecule has 3 aliphatic rings. The maximum Gasteiger partial charge on any atom is 0.249 e. The number of methoxy groups -OCH3 is 1. The molecule has 4 rings (SSSR count). The summed E-state index contributed by atoms with van der Waals surface area (Å²) in [5, 5.41) is 0. The average molecular weight is 622 g/mol. The fraction of sp³-hybridized carbons (Fsp3) is 0.463. The van der Waals surface area contributed by atoms with E-state index in [-0.39, 0.29) is 12.0 Å². The topological polar surface area (TPSA) is 45.1 Å². The SMILES string of the molecule is C=C1CC=C(c2ccc(/C=C/CCC=C(CCC)CCC)cc2)C=C1/C(=C\C=N/C)N1CC/C=C(\C(=O)N2CC(OC)C2)CCC1. The summed E-state index contributed by atoms with van der Waals surface area (Å²) in [6.45, 7) is 12.1. The van der Waals surface area contributed by atoms with Gasteiger partial charge < -0.3 is 14.5 Å². The maximum absolute atomic E-state index is 13.0. The molecule has 0 unspecified atom stereocenters. The second kappa shape index (κ2) is 18.4. The molecule has 0 spiro atoms. The third-order valence-electron chi connectivity index (χ3n) is 9.12. The van der Waals surface area contributed by atoms with Crippen LogP contribution < -0.4 is 0 Å². The fourth-order valence-corrected chi connectivity index (χ4v) is 6.45. The number of carbonyl (C=O) groups excluding carboxylic acids is 1. The number of nitrogens with zero attached hydrogens (tertiary/aromatic N) is 3. The van der Waals surface area contributed by atoms with Crippen LogP contribution in [0.2, 0.25) is 0 Å². The molecule has 5 heteroatoms. The number of ether oxygens (including phenoxy) is 1. The van der Waals surface area contributed by atoms with E-state index in [1.165, 1.54) is 48.0 Å². The monoisotopic (exact) mass is 621 g/mol. The molecule has 0 radical (unpaired) electrons. The number of unbranched alkanes of at least 4 members (excludes halogenated alkanes) is 1. The molecule has 1 fully saturated rings. The van der Waals surface area contributed by atoms with Crippen LogP contribution in [-0.2, 0) is 9.53 Å². The van der Waals surface area contributed by atoms with Gasteiger partial charge in [0.25, 0.3) is 0 Å². The zero-order valence-electron chi connectivity index (χ0n) is 28.8. The van der Waals surface area contributed by atoms with Gasteiger partial charge >= 0.3 is 0 Å². The van der Waals surface area contributed by atoms with Gasteiger partial charge in [0, 0.05) is 63.4 Å². The second-order valence-electron chi connectivity index (χ2n) is 12.6. The summed E-state index contributed by atoms with van der Waals surface area (Å²) in [6.07, 6.45) is 28.4. The molecule has 0 N–H and O–H groups in total. The Labute approximate surface area is 278 Å². The molecule has 46 heavy (non-hydrogen) atoms. The van der Waals surface area contributed by atoms with E-state index in [2.05, 4.69) is 97.1 Å². The van der Waals surface area contributed by atoms with Crippen molar-refractivity contribution in [1.29, 1.82) is 0 Å². The predicted molar refractivity (Wildman–Crippen MR) is 196 cm³/mol. The summed E-state index contributed by atoms with van der Waals surface area (Å²) in [6, 6.07) is 8.91. The summed E-state index contributed by atoms with van der Waals surface area (Å²) in [4.78, 5) is 21.6. The summed E-state index contributed by atoms with van der Waals surface area (Å²) >= 11 is 0. The summed E-state index contributed by atoms with van der Waals surface area (Å²) in [7, 11) is 3.52. The average Bonchev–Trinajstić information content (AvgIpc) is 3.02. The first kappa shape index (κ1) is 35.2. The first-order valence-electron chi connectivity index (χ1n) is 17.4. The van der Waals surface area contributed by atoms with Crippen molar-refractivity contribution in [2.24, 2.45) is 4.99 Å². The van der Waals surface area contributed by atoms with Gasteiger partial charge in [-0.2, -0.15) is 0 Å². The van der Waals surface area contributed by atoms with Crippen LogP contribution in [0.15, 0.2) is 100 Å². The zero-order valence-corrected chi connectivity index (χ0v) is 28.8. The Morgan fingerprint density at radius 2 is 1.80 bits per heavy atom. The highest BCUT2D eigenvalue weighted by molar-refractivity contribution is 5.94. The van der Waals surface area contributed by atoms with Crippen molar-refractivity contribution in [3.8, 4) is 0 Å². The Morgan fingerprint density at radius 1 is 1.04 bits per heavy atom. The number of allylic oxidation sites excluding steroid dienone is 8. The van der Waals surface area contributed by atoms with E-state index in [9.17, 15) is 4.79 Å². The van der Waals surface area contributed by atoms with Gasteiger partial charge in [0.2, 0.25) is 5.91 Å². The van der Waals surface area contributed by atoms with Crippen LogP contribution >= 0.6 is 0 Å². The van der Waals surface area contributed by atoms with Gasteiger partial charge in [0.1, 0.15) is 0 Å². The summed E-state index contributed by atoms with van der Waals surface area (Å²) in [5.41, 5.74) is 9.70. The van der Waals surface area contributed by atoms with E-state index < -0.39 is 0 Å². The number of amides is 1. The van der Waals surface area contributed by atoms with E-state index in [4.69, 9.17) is 4.74 Å². The maximum atomic E-state index is 13.0. The number of rotatable bonds is 14. The van der Waals surface area contributed by atoms with Gasteiger partial charge in [0.05, 0.1) is 6.10 Å². The molecule has 0 bridgehead atoms. The van der Waals surface area contributed by atoms with Gasteiger partial charge in [-0.15, -0.1) is 0 Å². The van der Waals surface area contributed by atoms with Gasteiger partial charge in [-0.1, -0.05) is 93.5 Å². The van der Waals surface area contributed by atoms with Crippen molar-refractivity contribution in [3.63, 3.8) is 0 Å². The van der Waals surface area contributed by atoms with Crippen molar-refractivity contribution in [2.75, 3.05) is 40.3 Å². The minimum Gasteiger partial charge on any atom is -0.378 e. The minimum atomic E-state index is 0.177. The molecule has 2 heterocycles. The van der Waals surface area contributed by atoms with Crippen LogP contribution in [0.4, 0.5) is 0 Å². The zero-order chi connectivity index (χ0) is 32.7. The van der Waals surface area contributed by atoms with Gasteiger partial charge in [-0.05, 0) is 85.8 Å². The molecular formula is C41H55N3O2. The molecule has 1 aliphatic carbocycles. The summed E-state index contributed by atoms with van der Waals surface area (Å²) in [5.74, 6) is 0.177. The number of aliphatic imine (C=N–C) groups is 1. The van der Waals surface area contributed by atoms with Gasteiger partial charge in [-0.25, -0.2) is 0 Å².